The molecule has 0 bridgehead atoms. The van der Waals surface area contributed by atoms with Gasteiger partial charge in [0.05, 0.1) is 25.3 Å². The molecule has 9 heteroatoms. The molecule has 1 atom stereocenters. The molecule has 1 aromatic heterocycles. The molecule has 0 amide bonds. The summed E-state index contributed by atoms with van der Waals surface area (Å²) in [6, 6.07) is -0.0985. The number of anilines is 1. The highest BCUT2D eigenvalue weighted by Gasteiger charge is 2.48. The highest BCUT2D eigenvalue weighted by Crippen LogP contribution is 2.44. The molecule has 0 aromatic carbocycles. The third kappa shape index (κ3) is 3.52. The molecular weight excluding hydrogens is 335 g/mol. The summed E-state index contributed by atoms with van der Waals surface area (Å²) in [6.45, 7) is 2.43. The van der Waals surface area contributed by atoms with Crippen LogP contribution in [0.5, 0.6) is 0 Å². The summed E-state index contributed by atoms with van der Waals surface area (Å²) < 4.78 is 43.9. The Labute approximate surface area is 141 Å². The Morgan fingerprint density at radius 2 is 1.96 bits per heavy atom. The van der Waals surface area contributed by atoms with E-state index in [-0.39, 0.29) is 11.5 Å². The molecule has 7 nitrogen and oxygen atoms in total. The van der Waals surface area contributed by atoms with E-state index in [1.54, 1.807) is 11.4 Å². The van der Waals surface area contributed by atoms with Gasteiger partial charge in [-0.2, -0.15) is 4.31 Å². The van der Waals surface area contributed by atoms with E-state index in [0.717, 1.165) is 32.4 Å². The molecule has 2 aliphatic heterocycles. The molecule has 0 aliphatic carbocycles. The van der Waals surface area contributed by atoms with Crippen LogP contribution in [0.15, 0.2) is 12.4 Å². The molecule has 0 radical (unpaired) electrons. The fraction of sp³-hybridized carbons (Fsp3) is 0.733. The van der Waals surface area contributed by atoms with E-state index in [1.807, 2.05) is 4.90 Å². The first kappa shape index (κ1) is 17.5. The second-order valence-electron chi connectivity index (χ2n) is 6.81. The molecule has 3 rings (SSSR count). The zero-order chi connectivity index (χ0) is 17.4. The second-order valence-corrected chi connectivity index (χ2v) is 8.74. The van der Waals surface area contributed by atoms with Gasteiger partial charge in [0, 0.05) is 32.8 Å². The first-order chi connectivity index (χ1) is 11.3. The maximum absolute atomic E-state index is 12.9. The van der Waals surface area contributed by atoms with Gasteiger partial charge in [0.25, 0.3) is 0 Å². The van der Waals surface area contributed by atoms with Crippen LogP contribution in [-0.4, -0.2) is 68.3 Å². The van der Waals surface area contributed by atoms with Crippen LogP contribution in [0, 0.1) is 11.2 Å². The summed E-state index contributed by atoms with van der Waals surface area (Å²) in [5.74, 6) is 0.0758. The summed E-state index contributed by atoms with van der Waals surface area (Å²) in [5, 5.41) is 0. The number of ether oxygens (including phenoxy) is 1. The lowest BCUT2D eigenvalue weighted by Gasteiger charge is -2.39. The van der Waals surface area contributed by atoms with Gasteiger partial charge in [-0.1, -0.05) is 0 Å². The van der Waals surface area contributed by atoms with Gasteiger partial charge in [-0.15, -0.1) is 0 Å². The molecular formula is C15H23FN4O3S. The van der Waals surface area contributed by atoms with E-state index >= 15 is 0 Å². The van der Waals surface area contributed by atoms with Crippen LogP contribution < -0.4 is 4.90 Å². The third-order valence-corrected chi connectivity index (χ3v) is 6.35. The zero-order valence-electron chi connectivity index (χ0n) is 14.0. The maximum Gasteiger partial charge on any atom is 0.225 e. The van der Waals surface area contributed by atoms with Crippen molar-refractivity contribution in [3.63, 3.8) is 0 Å². The van der Waals surface area contributed by atoms with Crippen LogP contribution in [-0.2, 0) is 14.8 Å². The third-order valence-electron chi connectivity index (χ3n) is 5.07. The van der Waals surface area contributed by atoms with Gasteiger partial charge < -0.3 is 9.64 Å². The number of nitrogens with zero attached hydrogens (tertiary/aromatic N) is 4. The van der Waals surface area contributed by atoms with Crippen molar-refractivity contribution in [3.05, 3.63) is 18.2 Å². The molecule has 2 fully saturated rings. The van der Waals surface area contributed by atoms with E-state index in [4.69, 9.17) is 4.74 Å². The average molecular weight is 358 g/mol. The quantitative estimate of drug-likeness (QED) is 0.795. The van der Waals surface area contributed by atoms with Crippen LogP contribution in [0.25, 0.3) is 0 Å². The SMILES string of the molecule is COCC1CC2(CCN(c3ncc(F)cn3)CC2)CN1S(C)(=O)=O. The number of methoxy groups -OCH3 is 1. The second kappa shape index (κ2) is 6.53. The molecule has 1 unspecified atom stereocenters. The summed E-state index contributed by atoms with van der Waals surface area (Å²) >= 11 is 0. The Bertz CT molecular complexity index is 674. The van der Waals surface area contributed by atoms with Crippen LogP contribution in [0.4, 0.5) is 10.3 Å². The van der Waals surface area contributed by atoms with Gasteiger partial charge in [-0.25, -0.2) is 22.8 Å². The lowest BCUT2D eigenvalue weighted by molar-refractivity contribution is 0.146. The minimum Gasteiger partial charge on any atom is -0.383 e. The Morgan fingerprint density at radius 1 is 1.33 bits per heavy atom. The summed E-state index contributed by atoms with van der Waals surface area (Å²) in [5.41, 5.74) is -0.0250. The molecule has 2 aliphatic rings. The number of piperidine rings is 1. The summed E-state index contributed by atoms with van der Waals surface area (Å²) in [6.07, 6.45) is 6.13. The average Bonchev–Trinajstić information content (AvgIpc) is 2.88. The fourth-order valence-electron chi connectivity index (χ4n) is 3.86. The Hall–Kier alpha value is -1.32. The monoisotopic (exact) mass is 358 g/mol. The topological polar surface area (TPSA) is 75.6 Å². The van der Waals surface area contributed by atoms with Crippen LogP contribution in [0.3, 0.4) is 0 Å². The van der Waals surface area contributed by atoms with Gasteiger partial charge in [0.15, 0.2) is 5.82 Å². The highest BCUT2D eigenvalue weighted by atomic mass is 32.2. The zero-order valence-corrected chi connectivity index (χ0v) is 14.8. The molecule has 1 aromatic rings. The number of halogens is 1. The molecule has 1 spiro atoms. The van der Waals surface area contributed by atoms with Crippen molar-refractivity contribution in [3.8, 4) is 0 Å². The minimum atomic E-state index is -3.25. The number of rotatable bonds is 4. The van der Waals surface area contributed by atoms with E-state index in [1.165, 1.54) is 18.6 Å². The van der Waals surface area contributed by atoms with Gasteiger partial charge in [0.1, 0.15) is 0 Å². The lowest BCUT2D eigenvalue weighted by Crippen LogP contribution is -2.43. The molecule has 24 heavy (non-hydrogen) atoms. The van der Waals surface area contributed by atoms with Crippen molar-refractivity contribution in [1.29, 1.82) is 0 Å². The van der Waals surface area contributed by atoms with Crippen molar-refractivity contribution in [2.24, 2.45) is 5.41 Å². The van der Waals surface area contributed by atoms with E-state index in [2.05, 4.69) is 9.97 Å². The molecule has 0 N–H and O–H groups in total. The van der Waals surface area contributed by atoms with E-state index in [9.17, 15) is 12.8 Å². The Kier molecular flexibility index (Phi) is 4.76. The number of hydrogen-bond acceptors (Lipinski definition) is 6. The number of aromatic nitrogens is 2. The fourth-order valence-corrected chi connectivity index (χ4v) is 5.05. The molecule has 0 saturated carbocycles. The van der Waals surface area contributed by atoms with Crippen molar-refractivity contribution >= 4 is 16.0 Å². The van der Waals surface area contributed by atoms with Crippen molar-refractivity contribution in [2.75, 3.05) is 44.5 Å². The standard InChI is InChI=1S/C15H23FN4O3S/c1-23-10-13-7-15(11-20(13)24(2,21)22)3-5-19(6-4-15)14-17-8-12(16)9-18-14/h8-9,13H,3-7,10-11H2,1-2H3. The smallest absolute Gasteiger partial charge is 0.225 e. The first-order valence-corrected chi connectivity index (χ1v) is 9.86. The van der Waals surface area contributed by atoms with Gasteiger partial charge in [-0.05, 0) is 24.7 Å². The Balaban J connectivity index is 1.70. The summed E-state index contributed by atoms with van der Waals surface area (Å²) in [7, 11) is -1.65. The van der Waals surface area contributed by atoms with E-state index < -0.39 is 15.8 Å². The minimum absolute atomic E-state index is 0.0250. The van der Waals surface area contributed by atoms with Crippen molar-refractivity contribution < 1.29 is 17.5 Å². The number of sulfonamides is 1. The van der Waals surface area contributed by atoms with Gasteiger partial charge in [-0.3, -0.25) is 0 Å². The number of hydrogen-bond donors (Lipinski definition) is 0. The molecule has 134 valence electrons. The summed E-state index contributed by atoms with van der Waals surface area (Å²) in [4.78, 5) is 10.1. The predicted molar refractivity (Wildman–Crippen MR) is 87.7 cm³/mol. The molecule has 3 heterocycles. The van der Waals surface area contributed by atoms with Crippen LogP contribution in [0.2, 0.25) is 0 Å². The van der Waals surface area contributed by atoms with Gasteiger partial charge >= 0.3 is 0 Å². The highest BCUT2D eigenvalue weighted by molar-refractivity contribution is 7.88. The van der Waals surface area contributed by atoms with E-state index in [0.29, 0.717) is 19.1 Å². The van der Waals surface area contributed by atoms with Gasteiger partial charge in [0.2, 0.25) is 16.0 Å². The Morgan fingerprint density at radius 3 is 2.50 bits per heavy atom. The largest absolute Gasteiger partial charge is 0.383 e. The normalized spacial score (nSPS) is 24.6. The predicted octanol–water partition coefficient (Wildman–Crippen LogP) is 0.883. The molecule has 2 saturated heterocycles. The lowest BCUT2D eigenvalue weighted by atomic mass is 9.77. The van der Waals surface area contributed by atoms with Crippen LogP contribution in [0.1, 0.15) is 19.3 Å². The van der Waals surface area contributed by atoms with Crippen molar-refractivity contribution in [2.45, 2.75) is 25.3 Å². The first-order valence-electron chi connectivity index (χ1n) is 8.01. The maximum atomic E-state index is 12.9. The van der Waals surface area contributed by atoms with Crippen LogP contribution >= 0.6 is 0 Å². The van der Waals surface area contributed by atoms with Crippen molar-refractivity contribution in [1.82, 2.24) is 14.3 Å².